The molecule has 18 heavy (non-hydrogen) atoms. The predicted molar refractivity (Wildman–Crippen MR) is 75.0 cm³/mol. The van der Waals surface area contributed by atoms with Crippen molar-refractivity contribution >= 4 is 14.3 Å². The summed E-state index contributed by atoms with van der Waals surface area (Å²) in [6.45, 7) is 10.7. The molecular formula is C12H23N3O2Si. The Balaban J connectivity index is 1.81. The molecule has 6 heteroatoms. The summed E-state index contributed by atoms with van der Waals surface area (Å²) in [5.41, 5.74) is 3.20. The third-order valence-electron chi connectivity index (χ3n) is 3.24. The molecule has 0 aromatic heterocycles. The second kappa shape index (κ2) is 4.77. The van der Waals surface area contributed by atoms with Crippen molar-refractivity contribution in [2.45, 2.75) is 38.2 Å². The number of aliphatic hydroxyl groups is 1. The summed E-state index contributed by atoms with van der Waals surface area (Å²) >= 11 is 0. The van der Waals surface area contributed by atoms with Gasteiger partial charge < -0.3 is 9.84 Å². The van der Waals surface area contributed by atoms with Crippen LogP contribution in [0.15, 0.2) is 16.4 Å². The highest BCUT2D eigenvalue weighted by atomic mass is 28.3. The topological polar surface area (TPSA) is 57.1 Å². The number of hydrazine groups is 1. The fourth-order valence-corrected chi connectivity index (χ4v) is 2.71. The zero-order valence-electron chi connectivity index (χ0n) is 11.7. The van der Waals surface area contributed by atoms with Crippen molar-refractivity contribution in [2.75, 3.05) is 19.9 Å². The molecule has 0 fully saturated rings. The van der Waals surface area contributed by atoms with Crippen LogP contribution in [0.2, 0.25) is 25.7 Å². The highest BCUT2D eigenvalue weighted by Crippen LogP contribution is 2.30. The number of nitrogens with one attached hydrogen (secondary N) is 1. The van der Waals surface area contributed by atoms with Gasteiger partial charge in [0.05, 0.1) is 0 Å². The van der Waals surface area contributed by atoms with E-state index in [-0.39, 0.29) is 0 Å². The highest BCUT2D eigenvalue weighted by Gasteiger charge is 2.37. The number of rotatable bonds is 5. The van der Waals surface area contributed by atoms with Gasteiger partial charge in [0, 0.05) is 33.0 Å². The molecular weight excluding hydrogens is 246 g/mol. The van der Waals surface area contributed by atoms with Crippen molar-refractivity contribution in [3.8, 4) is 0 Å². The molecule has 0 bridgehead atoms. The van der Waals surface area contributed by atoms with Gasteiger partial charge in [0.2, 0.25) is 0 Å². The summed E-state index contributed by atoms with van der Waals surface area (Å²) < 4.78 is 5.68. The molecule has 2 N–H and O–H groups in total. The Labute approximate surface area is 110 Å². The molecule has 2 aliphatic heterocycles. The van der Waals surface area contributed by atoms with Crippen molar-refractivity contribution in [1.82, 2.24) is 10.4 Å². The molecule has 0 aromatic rings. The van der Waals surface area contributed by atoms with Gasteiger partial charge in [-0.05, 0) is 13.0 Å². The molecule has 0 spiro atoms. The normalized spacial score (nSPS) is 27.3. The molecule has 1 atom stereocenters. The lowest BCUT2D eigenvalue weighted by Gasteiger charge is -2.21. The van der Waals surface area contributed by atoms with E-state index in [1.807, 2.05) is 5.01 Å². The maximum atomic E-state index is 10.1. The minimum atomic E-state index is -1.03. The van der Waals surface area contributed by atoms with Gasteiger partial charge >= 0.3 is 0 Å². The molecule has 2 heterocycles. The number of hydrogen-bond acceptors (Lipinski definition) is 5. The van der Waals surface area contributed by atoms with E-state index in [9.17, 15) is 5.11 Å². The summed E-state index contributed by atoms with van der Waals surface area (Å²) in [4.78, 5) is 4.26. The maximum absolute atomic E-state index is 10.1. The molecule has 5 nitrogen and oxygen atoms in total. The Morgan fingerprint density at radius 1 is 1.56 bits per heavy atom. The lowest BCUT2D eigenvalue weighted by molar-refractivity contribution is 0.0354. The zero-order valence-corrected chi connectivity index (χ0v) is 12.7. The average Bonchev–Trinajstić information content (AvgIpc) is 2.75. The van der Waals surface area contributed by atoms with Crippen LogP contribution in [0.3, 0.4) is 0 Å². The minimum absolute atomic E-state index is 0.483. The van der Waals surface area contributed by atoms with Crippen molar-refractivity contribution in [2.24, 2.45) is 4.99 Å². The minimum Gasteiger partial charge on any atom is -0.380 e. The van der Waals surface area contributed by atoms with Gasteiger partial charge in [-0.25, -0.2) is 10.4 Å². The quantitative estimate of drug-likeness (QED) is 0.581. The molecule has 0 aromatic carbocycles. The van der Waals surface area contributed by atoms with E-state index < -0.39 is 13.7 Å². The van der Waals surface area contributed by atoms with Crippen molar-refractivity contribution in [3.63, 3.8) is 0 Å². The standard InChI is InChI=1S/C12H23N3O2Si/c1-12(16)8-13-11-10(12)7-14-15(11)9-17-5-6-18(2,3)4/h8,14,16H,5-7,9H2,1-4H3/t12-/m0/s1. The van der Waals surface area contributed by atoms with E-state index in [1.54, 1.807) is 13.1 Å². The van der Waals surface area contributed by atoms with Crippen molar-refractivity contribution < 1.29 is 9.84 Å². The Morgan fingerprint density at radius 2 is 2.28 bits per heavy atom. The number of aliphatic imine (C=N–C) groups is 1. The van der Waals surface area contributed by atoms with Crippen LogP contribution in [0.1, 0.15) is 6.92 Å². The summed E-state index contributed by atoms with van der Waals surface area (Å²) in [6, 6.07) is 1.16. The smallest absolute Gasteiger partial charge is 0.148 e. The van der Waals surface area contributed by atoms with Crippen LogP contribution >= 0.6 is 0 Å². The third kappa shape index (κ3) is 3.00. The first-order valence-corrected chi connectivity index (χ1v) is 10.1. The van der Waals surface area contributed by atoms with Gasteiger partial charge in [-0.15, -0.1) is 0 Å². The molecule has 0 unspecified atom stereocenters. The summed E-state index contributed by atoms with van der Waals surface area (Å²) in [6.07, 6.45) is 1.59. The molecule has 2 rings (SSSR count). The van der Waals surface area contributed by atoms with E-state index in [0.717, 1.165) is 24.0 Å². The Kier molecular flexibility index (Phi) is 3.64. The van der Waals surface area contributed by atoms with E-state index >= 15 is 0 Å². The molecule has 0 radical (unpaired) electrons. The number of ether oxygens (including phenoxy) is 1. The van der Waals surface area contributed by atoms with Crippen LogP contribution in [0.25, 0.3) is 0 Å². The fraction of sp³-hybridized carbons (Fsp3) is 0.750. The van der Waals surface area contributed by atoms with E-state index in [2.05, 4.69) is 30.1 Å². The first kappa shape index (κ1) is 13.7. The number of hydrogen-bond donors (Lipinski definition) is 2. The van der Waals surface area contributed by atoms with Crippen molar-refractivity contribution in [3.05, 3.63) is 11.4 Å². The molecule has 2 aliphatic rings. The van der Waals surface area contributed by atoms with Gasteiger partial charge in [-0.3, -0.25) is 5.01 Å². The average molecular weight is 269 g/mol. The summed E-state index contributed by atoms with van der Waals surface area (Å²) in [5, 5.41) is 11.9. The molecule has 0 saturated carbocycles. The molecule has 0 aliphatic carbocycles. The van der Waals surface area contributed by atoms with Crippen LogP contribution in [0, 0.1) is 0 Å². The Hall–Kier alpha value is -0.693. The van der Waals surface area contributed by atoms with E-state index in [4.69, 9.17) is 4.74 Å². The number of nitrogens with zero attached hydrogens (tertiary/aromatic N) is 2. The third-order valence-corrected chi connectivity index (χ3v) is 4.94. The highest BCUT2D eigenvalue weighted by molar-refractivity contribution is 6.76. The SMILES string of the molecule is C[C@]1(O)C=NC2=C1CNN2COCC[Si](C)(C)C. The van der Waals surface area contributed by atoms with Crippen LogP contribution in [-0.2, 0) is 4.74 Å². The first-order chi connectivity index (χ1) is 8.30. The summed E-state index contributed by atoms with van der Waals surface area (Å²) in [5.74, 6) is 0.813. The maximum Gasteiger partial charge on any atom is 0.148 e. The molecule has 0 amide bonds. The summed E-state index contributed by atoms with van der Waals surface area (Å²) in [7, 11) is -1.03. The largest absolute Gasteiger partial charge is 0.380 e. The van der Waals surface area contributed by atoms with E-state index in [0.29, 0.717) is 13.3 Å². The van der Waals surface area contributed by atoms with E-state index in [1.165, 1.54) is 0 Å². The van der Waals surface area contributed by atoms with Crippen LogP contribution in [0.4, 0.5) is 0 Å². The lowest BCUT2D eigenvalue weighted by Crippen LogP contribution is -2.36. The van der Waals surface area contributed by atoms with Gasteiger partial charge in [0.15, 0.2) is 0 Å². The fourth-order valence-electron chi connectivity index (χ4n) is 1.95. The lowest BCUT2D eigenvalue weighted by atomic mass is 10.0. The zero-order chi connectivity index (χ0) is 13.4. The van der Waals surface area contributed by atoms with Gasteiger partial charge in [0.25, 0.3) is 0 Å². The second-order valence-corrected chi connectivity index (χ2v) is 11.9. The second-order valence-electron chi connectivity index (χ2n) is 6.32. The molecule has 0 saturated heterocycles. The first-order valence-electron chi connectivity index (χ1n) is 6.40. The van der Waals surface area contributed by atoms with Gasteiger partial charge in [0.1, 0.15) is 18.2 Å². The van der Waals surface area contributed by atoms with Crippen LogP contribution in [-0.4, -0.2) is 49.9 Å². The Bertz CT molecular complexity index is 385. The van der Waals surface area contributed by atoms with Crippen LogP contribution in [0.5, 0.6) is 0 Å². The van der Waals surface area contributed by atoms with Gasteiger partial charge in [-0.2, -0.15) is 0 Å². The monoisotopic (exact) mass is 269 g/mol. The molecule has 102 valence electrons. The van der Waals surface area contributed by atoms with Crippen molar-refractivity contribution in [1.29, 1.82) is 0 Å². The Morgan fingerprint density at radius 3 is 2.94 bits per heavy atom. The van der Waals surface area contributed by atoms with Crippen LogP contribution < -0.4 is 5.43 Å². The predicted octanol–water partition coefficient (Wildman–Crippen LogP) is 1.17. The van der Waals surface area contributed by atoms with Gasteiger partial charge in [-0.1, -0.05) is 19.6 Å².